The number of carbonyl (C=O) groups is 2. The van der Waals surface area contributed by atoms with Crippen molar-refractivity contribution in [3.05, 3.63) is 63.7 Å². The standard InChI is InChI=1S/C19H18ClNO3/c1-12-9-16(20)7-8-17(12)21-18(22)11-24-19(23)15-6-5-13-3-2-4-14(13)10-15/h5-10H,2-4,11H2,1H3,(H,21,22). The number of esters is 1. The molecule has 1 aliphatic rings. The average molecular weight is 344 g/mol. The van der Waals surface area contributed by atoms with Crippen LogP contribution in [0.15, 0.2) is 36.4 Å². The minimum absolute atomic E-state index is 0.321. The first-order chi connectivity index (χ1) is 11.5. The van der Waals surface area contributed by atoms with E-state index in [0.29, 0.717) is 16.3 Å². The van der Waals surface area contributed by atoms with Gasteiger partial charge in [-0.1, -0.05) is 17.7 Å². The van der Waals surface area contributed by atoms with Crippen molar-refractivity contribution >= 4 is 29.2 Å². The summed E-state index contributed by atoms with van der Waals surface area (Å²) >= 11 is 5.88. The van der Waals surface area contributed by atoms with Gasteiger partial charge in [0.15, 0.2) is 6.61 Å². The predicted octanol–water partition coefficient (Wildman–Crippen LogP) is 3.93. The van der Waals surface area contributed by atoms with Crippen molar-refractivity contribution in [1.82, 2.24) is 0 Å². The van der Waals surface area contributed by atoms with Crippen LogP contribution in [0.25, 0.3) is 0 Å². The molecule has 4 nitrogen and oxygen atoms in total. The highest BCUT2D eigenvalue weighted by Gasteiger charge is 2.16. The number of aryl methyl sites for hydroxylation is 3. The van der Waals surface area contributed by atoms with E-state index in [4.69, 9.17) is 16.3 Å². The summed E-state index contributed by atoms with van der Waals surface area (Å²) in [5.41, 5.74) is 4.48. The van der Waals surface area contributed by atoms with E-state index in [1.54, 1.807) is 24.3 Å². The van der Waals surface area contributed by atoms with Crippen LogP contribution in [-0.4, -0.2) is 18.5 Å². The fraction of sp³-hybridized carbons (Fsp3) is 0.263. The second-order valence-electron chi connectivity index (χ2n) is 5.92. The zero-order valence-corrected chi connectivity index (χ0v) is 14.2. The van der Waals surface area contributed by atoms with Crippen molar-refractivity contribution in [2.24, 2.45) is 0 Å². The molecule has 0 bridgehead atoms. The molecule has 1 amide bonds. The number of rotatable bonds is 4. The molecular weight excluding hydrogens is 326 g/mol. The van der Waals surface area contributed by atoms with Gasteiger partial charge in [0.1, 0.15) is 0 Å². The topological polar surface area (TPSA) is 55.4 Å². The molecule has 3 rings (SSSR count). The smallest absolute Gasteiger partial charge is 0.338 e. The average Bonchev–Trinajstić information content (AvgIpc) is 3.03. The molecule has 2 aromatic carbocycles. The van der Waals surface area contributed by atoms with Crippen molar-refractivity contribution in [3.8, 4) is 0 Å². The first-order valence-corrected chi connectivity index (χ1v) is 8.25. The molecule has 124 valence electrons. The van der Waals surface area contributed by atoms with Crippen molar-refractivity contribution in [2.45, 2.75) is 26.2 Å². The van der Waals surface area contributed by atoms with Crippen LogP contribution in [0.5, 0.6) is 0 Å². The molecule has 0 saturated heterocycles. The van der Waals surface area contributed by atoms with Gasteiger partial charge in [-0.25, -0.2) is 4.79 Å². The number of benzene rings is 2. The molecule has 5 heteroatoms. The van der Waals surface area contributed by atoms with Crippen LogP contribution in [-0.2, 0) is 22.4 Å². The summed E-state index contributed by atoms with van der Waals surface area (Å²) in [5, 5.41) is 3.32. The lowest BCUT2D eigenvalue weighted by atomic mass is 10.1. The van der Waals surface area contributed by atoms with Crippen molar-refractivity contribution in [3.63, 3.8) is 0 Å². The molecule has 0 atom stereocenters. The maximum atomic E-state index is 12.1. The number of ether oxygens (including phenoxy) is 1. The molecule has 0 saturated carbocycles. The maximum absolute atomic E-state index is 12.1. The Balaban J connectivity index is 1.57. The predicted molar refractivity (Wildman–Crippen MR) is 93.6 cm³/mol. The van der Waals surface area contributed by atoms with Crippen molar-refractivity contribution in [1.29, 1.82) is 0 Å². The van der Waals surface area contributed by atoms with E-state index in [2.05, 4.69) is 5.32 Å². The van der Waals surface area contributed by atoms with Crippen LogP contribution in [0.3, 0.4) is 0 Å². The van der Waals surface area contributed by atoms with E-state index < -0.39 is 5.97 Å². The Morgan fingerprint density at radius 3 is 2.71 bits per heavy atom. The summed E-state index contributed by atoms with van der Waals surface area (Å²) in [6.07, 6.45) is 3.18. The molecule has 0 aromatic heterocycles. The van der Waals surface area contributed by atoms with Crippen LogP contribution in [0.4, 0.5) is 5.69 Å². The summed E-state index contributed by atoms with van der Waals surface area (Å²) in [4.78, 5) is 24.0. The number of fused-ring (bicyclic) bond motifs is 1. The fourth-order valence-corrected chi connectivity index (χ4v) is 3.09. The monoisotopic (exact) mass is 343 g/mol. The summed E-state index contributed by atoms with van der Waals surface area (Å²) in [6, 6.07) is 10.8. The Morgan fingerprint density at radius 1 is 1.12 bits per heavy atom. The van der Waals surface area contributed by atoms with E-state index in [-0.39, 0.29) is 12.5 Å². The molecule has 0 aliphatic heterocycles. The molecule has 1 N–H and O–H groups in total. The Hall–Kier alpha value is -2.33. The minimum atomic E-state index is -0.479. The molecule has 1 aliphatic carbocycles. The van der Waals surface area contributed by atoms with E-state index in [1.807, 2.05) is 19.1 Å². The molecule has 0 spiro atoms. The van der Waals surface area contributed by atoms with Crippen LogP contribution < -0.4 is 5.32 Å². The van der Waals surface area contributed by atoms with Crippen LogP contribution in [0.1, 0.15) is 33.5 Å². The summed E-state index contributed by atoms with van der Waals surface area (Å²) < 4.78 is 5.11. The molecule has 0 fully saturated rings. The zero-order chi connectivity index (χ0) is 17.1. The lowest BCUT2D eigenvalue weighted by molar-refractivity contribution is -0.119. The van der Waals surface area contributed by atoms with Crippen LogP contribution in [0, 0.1) is 6.92 Å². The maximum Gasteiger partial charge on any atom is 0.338 e. The van der Waals surface area contributed by atoms with Crippen molar-refractivity contribution < 1.29 is 14.3 Å². The van der Waals surface area contributed by atoms with Gasteiger partial charge in [0, 0.05) is 10.7 Å². The quantitative estimate of drug-likeness (QED) is 0.856. The SMILES string of the molecule is Cc1cc(Cl)ccc1NC(=O)COC(=O)c1ccc2c(c1)CCC2. The summed E-state index contributed by atoms with van der Waals surface area (Å²) in [7, 11) is 0. The van der Waals surface area contributed by atoms with Gasteiger partial charge in [-0.3, -0.25) is 4.79 Å². The van der Waals surface area contributed by atoms with Gasteiger partial charge in [-0.05, 0) is 73.2 Å². The van der Waals surface area contributed by atoms with E-state index >= 15 is 0 Å². The lowest BCUT2D eigenvalue weighted by Crippen LogP contribution is -2.21. The van der Waals surface area contributed by atoms with E-state index in [9.17, 15) is 9.59 Å². The third kappa shape index (κ3) is 3.77. The molecule has 24 heavy (non-hydrogen) atoms. The number of halogens is 1. The number of anilines is 1. The van der Waals surface area contributed by atoms with Crippen LogP contribution in [0.2, 0.25) is 5.02 Å². The fourth-order valence-electron chi connectivity index (χ4n) is 2.87. The largest absolute Gasteiger partial charge is 0.452 e. The number of carbonyl (C=O) groups excluding carboxylic acids is 2. The number of hydrogen-bond acceptors (Lipinski definition) is 3. The Morgan fingerprint density at radius 2 is 1.92 bits per heavy atom. The second-order valence-corrected chi connectivity index (χ2v) is 6.36. The highest BCUT2D eigenvalue weighted by molar-refractivity contribution is 6.30. The van der Waals surface area contributed by atoms with Gasteiger partial charge >= 0.3 is 5.97 Å². The highest BCUT2D eigenvalue weighted by Crippen LogP contribution is 2.23. The minimum Gasteiger partial charge on any atom is -0.452 e. The second kappa shape index (κ2) is 7.05. The van der Waals surface area contributed by atoms with Gasteiger partial charge in [-0.2, -0.15) is 0 Å². The van der Waals surface area contributed by atoms with Gasteiger partial charge in [-0.15, -0.1) is 0 Å². The molecule has 2 aromatic rings. The lowest BCUT2D eigenvalue weighted by Gasteiger charge is -2.10. The van der Waals surface area contributed by atoms with Crippen LogP contribution >= 0.6 is 11.6 Å². The zero-order valence-electron chi connectivity index (χ0n) is 13.4. The normalized spacial score (nSPS) is 12.6. The Bertz CT molecular complexity index is 801. The number of hydrogen-bond donors (Lipinski definition) is 1. The van der Waals surface area contributed by atoms with Crippen molar-refractivity contribution in [2.75, 3.05) is 11.9 Å². The van der Waals surface area contributed by atoms with Gasteiger partial charge in [0.25, 0.3) is 5.91 Å². The summed E-state index contributed by atoms with van der Waals surface area (Å²) in [6.45, 7) is 1.52. The Kier molecular flexibility index (Phi) is 4.86. The van der Waals surface area contributed by atoms with E-state index in [1.165, 1.54) is 11.1 Å². The summed E-state index contributed by atoms with van der Waals surface area (Å²) in [5.74, 6) is -0.859. The van der Waals surface area contributed by atoms with Gasteiger partial charge in [0.05, 0.1) is 5.56 Å². The Labute approximate surface area is 145 Å². The van der Waals surface area contributed by atoms with E-state index in [0.717, 1.165) is 24.8 Å². The molecule has 0 radical (unpaired) electrons. The number of amides is 1. The van der Waals surface area contributed by atoms with Gasteiger partial charge in [0.2, 0.25) is 0 Å². The number of nitrogens with one attached hydrogen (secondary N) is 1. The van der Waals surface area contributed by atoms with Gasteiger partial charge < -0.3 is 10.1 Å². The third-order valence-electron chi connectivity index (χ3n) is 4.13. The third-order valence-corrected chi connectivity index (χ3v) is 4.37. The first kappa shape index (κ1) is 16.5. The molecular formula is C19H18ClNO3. The first-order valence-electron chi connectivity index (χ1n) is 7.88. The molecule has 0 heterocycles. The highest BCUT2D eigenvalue weighted by atomic mass is 35.5. The molecule has 0 unspecified atom stereocenters.